The van der Waals surface area contributed by atoms with E-state index in [9.17, 15) is 9.59 Å². The van der Waals surface area contributed by atoms with Crippen LogP contribution in [-0.4, -0.2) is 60.5 Å². The Morgan fingerprint density at radius 2 is 1.93 bits per heavy atom. The van der Waals surface area contributed by atoms with Crippen LogP contribution in [0.2, 0.25) is 0 Å². The average molecular weight is 402 g/mol. The van der Waals surface area contributed by atoms with Crippen molar-refractivity contribution in [3.05, 3.63) is 30.5 Å². The SMILES string of the molecule is COC(=O)C1C[C@@H](Oc2ccnc3cc(OC)ccc23)CN1C(=O)OC(C)(C)C. The zero-order chi connectivity index (χ0) is 21.2. The predicted molar refractivity (Wildman–Crippen MR) is 106 cm³/mol. The van der Waals surface area contributed by atoms with Crippen LogP contribution in [-0.2, 0) is 14.3 Å². The number of esters is 1. The molecular formula is C21H26N2O6. The van der Waals surface area contributed by atoms with Gasteiger partial charge in [0.05, 0.1) is 26.3 Å². The van der Waals surface area contributed by atoms with Crippen LogP contribution in [0.4, 0.5) is 4.79 Å². The van der Waals surface area contributed by atoms with E-state index in [4.69, 9.17) is 18.9 Å². The minimum absolute atomic E-state index is 0.217. The molecule has 1 aliphatic heterocycles. The fraction of sp³-hybridized carbons (Fsp3) is 0.476. The lowest BCUT2D eigenvalue weighted by atomic mass is 10.1. The van der Waals surface area contributed by atoms with Crippen LogP contribution >= 0.6 is 0 Å². The molecule has 0 spiro atoms. The van der Waals surface area contributed by atoms with Crippen molar-refractivity contribution in [3.63, 3.8) is 0 Å². The second-order valence-corrected chi connectivity index (χ2v) is 7.84. The van der Waals surface area contributed by atoms with Gasteiger partial charge in [-0.3, -0.25) is 9.88 Å². The minimum atomic E-state index is -0.756. The number of rotatable bonds is 4. The van der Waals surface area contributed by atoms with E-state index in [1.165, 1.54) is 12.0 Å². The number of hydrogen-bond acceptors (Lipinski definition) is 7. The summed E-state index contributed by atoms with van der Waals surface area (Å²) in [5.74, 6) is 0.827. The molecule has 0 saturated carbocycles. The summed E-state index contributed by atoms with van der Waals surface area (Å²) in [6.45, 7) is 5.55. The molecule has 1 unspecified atom stereocenters. The van der Waals surface area contributed by atoms with E-state index in [1.807, 2.05) is 18.2 Å². The van der Waals surface area contributed by atoms with Crippen molar-refractivity contribution in [2.24, 2.45) is 0 Å². The van der Waals surface area contributed by atoms with Crippen LogP contribution in [0.5, 0.6) is 11.5 Å². The number of aromatic nitrogens is 1. The molecule has 1 fully saturated rings. The van der Waals surface area contributed by atoms with Gasteiger partial charge in [-0.15, -0.1) is 0 Å². The Morgan fingerprint density at radius 3 is 2.59 bits per heavy atom. The summed E-state index contributed by atoms with van der Waals surface area (Å²) in [5.41, 5.74) is 0.0604. The lowest BCUT2D eigenvalue weighted by Crippen LogP contribution is -2.44. The van der Waals surface area contributed by atoms with Crippen LogP contribution in [0.15, 0.2) is 30.5 Å². The molecule has 1 aromatic heterocycles. The number of benzene rings is 1. The molecule has 29 heavy (non-hydrogen) atoms. The lowest BCUT2D eigenvalue weighted by molar-refractivity contribution is -0.145. The van der Waals surface area contributed by atoms with Gasteiger partial charge in [0.1, 0.15) is 29.2 Å². The third kappa shape index (κ3) is 4.70. The van der Waals surface area contributed by atoms with Gasteiger partial charge in [-0.2, -0.15) is 0 Å². The summed E-state index contributed by atoms with van der Waals surface area (Å²) in [4.78, 5) is 30.5. The number of carbonyl (C=O) groups excluding carboxylic acids is 2. The molecule has 1 amide bonds. The second-order valence-electron chi connectivity index (χ2n) is 7.84. The van der Waals surface area contributed by atoms with Crippen LogP contribution in [0, 0.1) is 0 Å². The molecule has 156 valence electrons. The third-order valence-electron chi connectivity index (χ3n) is 4.57. The molecule has 0 N–H and O–H groups in total. The first kappa shape index (κ1) is 20.7. The number of fused-ring (bicyclic) bond motifs is 1. The highest BCUT2D eigenvalue weighted by Gasteiger charge is 2.43. The lowest BCUT2D eigenvalue weighted by Gasteiger charge is -2.27. The molecule has 8 nitrogen and oxygen atoms in total. The normalized spacial score (nSPS) is 19.1. The molecular weight excluding hydrogens is 376 g/mol. The Kier molecular flexibility index (Phi) is 5.81. The van der Waals surface area contributed by atoms with Gasteiger partial charge in [0.25, 0.3) is 0 Å². The Bertz CT molecular complexity index is 908. The van der Waals surface area contributed by atoms with Crippen LogP contribution in [0.25, 0.3) is 10.9 Å². The molecule has 1 saturated heterocycles. The van der Waals surface area contributed by atoms with E-state index in [-0.39, 0.29) is 12.6 Å². The van der Waals surface area contributed by atoms with E-state index in [0.717, 1.165) is 10.9 Å². The van der Waals surface area contributed by atoms with Crippen molar-refractivity contribution >= 4 is 23.0 Å². The van der Waals surface area contributed by atoms with E-state index in [2.05, 4.69) is 4.98 Å². The highest BCUT2D eigenvalue weighted by molar-refractivity contribution is 5.86. The van der Waals surface area contributed by atoms with Gasteiger partial charge in [0, 0.05) is 24.1 Å². The predicted octanol–water partition coefficient (Wildman–Crippen LogP) is 3.17. The molecule has 0 aliphatic carbocycles. The number of likely N-dealkylation sites (tertiary alicyclic amines) is 1. The monoisotopic (exact) mass is 402 g/mol. The van der Waals surface area contributed by atoms with Gasteiger partial charge in [-0.1, -0.05) is 0 Å². The van der Waals surface area contributed by atoms with E-state index >= 15 is 0 Å². The van der Waals surface area contributed by atoms with Crippen molar-refractivity contribution in [1.29, 1.82) is 0 Å². The van der Waals surface area contributed by atoms with Gasteiger partial charge in [0.15, 0.2) is 0 Å². The fourth-order valence-corrected chi connectivity index (χ4v) is 3.28. The van der Waals surface area contributed by atoms with Crippen LogP contribution in [0.3, 0.4) is 0 Å². The Hall–Kier alpha value is -3.03. The zero-order valence-electron chi connectivity index (χ0n) is 17.3. The average Bonchev–Trinajstić information content (AvgIpc) is 3.10. The number of ether oxygens (including phenoxy) is 4. The van der Waals surface area contributed by atoms with Crippen molar-refractivity contribution in [3.8, 4) is 11.5 Å². The molecule has 8 heteroatoms. The Morgan fingerprint density at radius 1 is 1.17 bits per heavy atom. The van der Waals surface area contributed by atoms with Crippen molar-refractivity contribution in [2.75, 3.05) is 20.8 Å². The molecule has 3 rings (SSSR count). The standard InChI is InChI=1S/C21H26N2O6/c1-21(2,3)29-20(25)23-12-14(11-17(23)19(24)27-5)28-18-8-9-22-16-10-13(26-4)6-7-15(16)18/h6-10,14,17H,11-12H2,1-5H3/t14-,17?/m1/s1. The Balaban J connectivity index is 1.82. The number of methoxy groups -OCH3 is 2. The van der Waals surface area contributed by atoms with Crippen molar-refractivity contribution in [2.45, 2.75) is 44.9 Å². The molecule has 2 atom stereocenters. The summed E-state index contributed by atoms with van der Waals surface area (Å²) < 4.78 is 21.7. The van der Waals surface area contributed by atoms with Gasteiger partial charge >= 0.3 is 12.1 Å². The van der Waals surface area contributed by atoms with E-state index in [0.29, 0.717) is 17.9 Å². The number of pyridine rings is 1. The van der Waals surface area contributed by atoms with Gasteiger partial charge < -0.3 is 18.9 Å². The third-order valence-corrected chi connectivity index (χ3v) is 4.57. The largest absolute Gasteiger partial charge is 0.497 e. The summed E-state index contributed by atoms with van der Waals surface area (Å²) >= 11 is 0. The maximum absolute atomic E-state index is 12.6. The first-order valence-corrected chi connectivity index (χ1v) is 9.38. The summed E-state index contributed by atoms with van der Waals surface area (Å²) in [5, 5.41) is 0.818. The highest BCUT2D eigenvalue weighted by atomic mass is 16.6. The second kappa shape index (κ2) is 8.14. The molecule has 1 aliphatic rings. The quantitative estimate of drug-likeness (QED) is 0.726. The fourth-order valence-electron chi connectivity index (χ4n) is 3.28. The maximum Gasteiger partial charge on any atom is 0.411 e. The van der Waals surface area contributed by atoms with E-state index < -0.39 is 23.7 Å². The smallest absolute Gasteiger partial charge is 0.411 e. The number of amides is 1. The Labute approximate surface area is 169 Å². The highest BCUT2D eigenvalue weighted by Crippen LogP contribution is 2.31. The van der Waals surface area contributed by atoms with Crippen molar-refractivity contribution < 1.29 is 28.5 Å². The van der Waals surface area contributed by atoms with Gasteiger partial charge in [-0.05, 0) is 39.0 Å². The first-order valence-electron chi connectivity index (χ1n) is 9.38. The maximum atomic E-state index is 12.6. The molecule has 0 bridgehead atoms. The summed E-state index contributed by atoms with van der Waals surface area (Å²) in [6, 6.07) is 6.53. The summed E-state index contributed by atoms with van der Waals surface area (Å²) in [7, 11) is 2.89. The summed E-state index contributed by atoms with van der Waals surface area (Å²) in [6.07, 6.45) is 1.00. The van der Waals surface area contributed by atoms with Gasteiger partial charge in [-0.25, -0.2) is 9.59 Å². The van der Waals surface area contributed by atoms with E-state index in [1.54, 1.807) is 40.1 Å². The first-order chi connectivity index (χ1) is 13.7. The molecule has 2 aromatic rings. The van der Waals surface area contributed by atoms with Crippen molar-refractivity contribution in [1.82, 2.24) is 9.88 Å². The number of nitrogens with zero attached hydrogens (tertiary/aromatic N) is 2. The molecule has 2 heterocycles. The van der Waals surface area contributed by atoms with Crippen LogP contribution in [0.1, 0.15) is 27.2 Å². The topological polar surface area (TPSA) is 87.2 Å². The number of carbonyl (C=O) groups is 2. The number of hydrogen-bond donors (Lipinski definition) is 0. The molecule has 1 aromatic carbocycles. The zero-order valence-corrected chi connectivity index (χ0v) is 17.3. The minimum Gasteiger partial charge on any atom is -0.497 e. The van der Waals surface area contributed by atoms with Gasteiger partial charge in [0.2, 0.25) is 0 Å². The van der Waals surface area contributed by atoms with Crippen LogP contribution < -0.4 is 9.47 Å². The molecule has 0 radical (unpaired) electrons.